The van der Waals surface area contributed by atoms with Gasteiger partial charge in [0.15, 0.2) is 11.6 Å². The van der Waals surface area contributed by atoms with Crippen LogP contribution in [0.15, 0.2) is 48.5 Å². The van der Waals surface area contributed by atoms with E-state index in [9.17, 15) is 19.4 Å². The number of phenolic OH excluding ortho intramolecular Hbond substituents is 1. The summed E-state index contributed by atoms with van der Waals surface area (Å²) in [7, 11) is 0. The van der Waals surface area contributed by atoms with Gasteiger partial charge in [-0.15, -0.1) is 0 Å². The van der Waals surface area contributed by atoms with Crippen LogP contribution in [-0.4, -0.2) is 22.8 Å². The van der Waals surface area contributed by atoms with E-state index in [1.54, 1.807) is 18.2 Å². The number of halogens is 1. The summed E-state index contributed by atoms with van der Waals surface area (Å²) in [4.78, 5) is 11.3. The number of aromatic hydroxyl groups is 1. The highest BCUT2D eigenvalue weighted by Crippen LogP contribution is 2.27. The van der Waals surface area contributed by atoms with Crippen LogP contribution < -0.4 is 4.74 Å². The molecule has 2 aromatic rings. The van der Waals surface area contributed by atoms with Gasteiger partial charge in [-0.25, -0.2) is 4.39 Å². The van der Waals surface area contributed by atoms with Crippen molar-refractivity contribution in [3.8, 4) is 11.5 Å². The molecule has 1 unspecified atom stereocenters. The van der Waals surface area contributed by atoms with Crippen LogP contribution >= 0.6 is 0 Å². The molecule has 0 aromatic heterocycles. The predicted molar refractivity (Wildman–Crippen MR) is 70.4 cm³/mol. The second kappa shape index (κ2) is 6.06. The second-order valence-electron chi connectivity index (χ2n) is 4.19. The van der Waals surface area contributed by atoms with Crippen LogP contribution in [0.3, 0.4) is 0 Å². The Kier molecular flexibility index (Phi) is 4.20. The standard InChI is InChI=1S/C15H13FO4/c16-12-6-2-4-8-14(12)20-9-11(15(18)19)10-5-1-3-7-13(10)17/h1-8,11,17H,9H2,(H,18,19). The predicted octanol–water partition coefficient (Wildman–Crippen LogP) is 2.78. The molecular weight excluding hydrogens is 263 g/mol. The molecule has 0 heterocycles. The molecular formula is C15H13FO4. The minimum Gasteiger partial charge on any atom is -0.508 e. The molecule has 0 amide bonds. The number of carboxylic acid groups (broad SMARTS) is 1. The molecule has 4 nitrogen and oxygen atoms in total. The maximum absolute atomic E-state index is 13.4. The number of carbonyl (C=O) groups is 1. The van der Waals surface area contributed by atoms with E-state index in [-0.39, 0.29) is 23.7 Å². The van der Waals surface area contributed by atoms with Crippen LogP contribution in [0.5, 0.6) is 11.5 Å². The highest BCUT2D eigenvalue weighted by atomic mass is 19.1. The normalized spacial score (nSPS) is 11.8. The first-order valence-corrected chi connectivity index (χ1v) is 5.97. The Labute approximate surface area is 115 Å². The summed E-state index contributed by atoms with van der Waals surface area (Å²) in [6, 6.07) is 11.9. The van der Waals surface area contributed by atoms with E-state index in [0.717, 1.165) is 0 Å². The summed E-state index contributed by atoms with van der Waals surface area (Å²) in [6.45, 7) is -0.270. The Hall–Kier alpha value is -2.56. The van der Waals surface area contributed by atoms with Crippen molar-refractivity contribution in [2.24, 2.45) is 0 Å². The largest absolute Gasteiger partial charge is 0.508 e. The van der Waals surface area contributed by atoms with Crippen molar-refractivity contribution >= 4 is 5.97 Å². The van der Waals surface area contributed by atoms with Crippen LogP contribution in [0.1, 0.15) is 11.5 Å². The van der Waals surface area contributed by atoms with Crippen LogP contribution in [0, 0.1) is 5.82 Å². The molecule has 0 saturated carbocycles. The van der Waals surface area contributed by atoms with E-state index in [2.05, 4.69) is 0 Å². The Bertz CT molecular complexity index is 612. The zero-order valence-corrected chi connectivity index (χ0v) is 10.5. The van der Waals surface area contributed by atoms with Crippen LogP contribution in [0.4, 0.5) is 4.39 Å². The fourth-order valence-electron chi connectivity index (χ4n) is 1.81. The van der Waals surface area contributed by atoms with Gasteiger partial charge in [0.05, 0.1) is 0 Å². The zero-order valence-electron chi connectivity index (χ0n) is 10.5. The quantitative estimate of drug-likeness (QED) is 0.881. The van der Waals surface area contributed by atoms with Crippen molar-refractivity contribution < 1.29 is 24.1 Å². The van der Waals surface area contributed by atoms with Crippen molar-refractivity contribution in [2.75, 3.05) is 6.61 Å². The van der Waals surface area contributed by atoms with E-state index >= 15 is 0 Å². The summed E-state index contributed by atoms with van der Waals surface area (Å²) in [5.41, 5.74) is 0.233. The zero-order chi connectivity index (χ0) is 14.5. The molecule has 2 aromatic carbocycles. The Morgan fingerprint density at radius 2 is 1.80 bits per heavy atom. The third-order valence-corrected chi connectivity index (χ3v) is 2.85. The number of aliphatic carboxylic acids is 1. The molecule has 0 spiro atoms. The number of phenols is 1. The number of carboxylic acids is 1. The molecule has 2 rings (SSSR count). The Balaban J connectivity index is 2.18. The van der Waals surface area contributed by atoms with Crippen molar-refractivity contribution in [3.05, 3.63) is 59.9 Å². The van der Waals surface area contributed by atoms with Gasteiger partial charge in [0.2, 0.25) is 0 Å². The molecule has 0 aliphatic rings. The molecule has 104 valence electrons. The summed E-state index contributed by atoms with van der Waals surface area (Å²) < 4.78 is 18.6. The van der Waals surface area contributed by atoms with Gasteiger partial charge in [-0.2, -0.15) is 0 Å². The lowest BCUT2D eigenvalue weighted by atomic mass is 9.99. The highest BCUT2D eigenvalue weighted by molar-refractivity contribution is 5.77. The van der Waals surface area contributed by atoms with Gasteiger partial charge in [0, 0.05) is 5.56 Å². The van der Waals surface area contributed by atoms with E-state index < -0.39 is 17.7 Å². The summed E-state index contributed by atoms with van der Waals surface area (Å²) >= 11 is 0. The van der Waals surface area contributed by atoms with E-state index in [4.69, 9.17) is 4.74 Å². The molecule has 0 bridgehead atoms. The minimum absolute atomic E-state index is 0.0193. The van der Waals surface area contributed by atoms with Gasteiger partial charge >= 0.3 is 5.97 Å². The van der Waals surface area contributed by atoms with Crippen molar-refractivity contribution in [2.45, 2.75) is 5.92 Å². The Morgan fingerprint density at radius 3 is 2.45 bits per heavy atom. The Morgan fingerprint density at radius 1 is 1.15 bits per heavy atom. The van der Waals surface area contributed by atoms with Gasteiger partial charge in [-0.1, -0.05) is 30.3 Å². The maximum Gasteiger partial charge on any atom is 0.314 e. The van der Waals surface area contributed by atoms with Gasteiger partial charge in [0.25, 0.3) is 0 Å². The van der Waals surface area contributed by atoms with Crippen molar-refractivity contribution in [1.29, 1.82) is 0 Å². The van der Waals surface area contributed by atoms with E-state index in [0.29, 0.717) is 0 Å². The first-order valence-electron chi connectivity index (χ1n) is 5.97. The fraction of sp³-hybridized carbons (Fsp3) is 0.133. The van der Waals surface area contributed by atoms with Gasteiger partial charge in [0.1, 0.15) is 18.3 Å². The molecule has 5 heteroatoms. The number of hydrogen-bond donors (Lipinski definition) is 2. The molecule has 0 fully saturated rings. The second-order valence-corrected chi connectivity index (χ2v) is 4.19. The molecule has 20 heavy (non-hydrogen) atoms. The van der Waals surface area contributed by atoms with Crippen LogP contribution in [0.2, 0.25) is 0 Å². The summed E-state index contributed by atoms with van der Waals surface area (Å²) in [6.07, 6.45) is 0. The lowest BCUT2D eigenvalue weighted by molar-refractivity contribution is -0.139. The van der Waals surface area contributed by atoms with E-state index in [1.165, 1.54) is 30.3 Å². The van der Waals surface area contributed by atoms with Crippen LogP contribution in [-0.2, 0) is 4.79 Å². The number of ether oxygens (including phenoxy) is 1. The molecule has 0 aliphatic heterocycles. The third-order valence-electron chi connectivity index (χ3n) is 2.85. The lowest BCUT2D eigenvalue weighted by Gasteiger charge is -2.15. The SMILES string of the molecule is O=C(O)C(COc1ccccc1F)c1ccccc1O. The molecule has 2 N–H and O–H groups in total. The highest BCUT2D eigenvalue weighted by Gasteiger charge is 2.24. The molecule has 0 radical (unpaired) electrons. The average molecular weight is 276 g/mol. The van der Waals surface area contributed by atoms with Crippen molar-refractivity contribution in [3.63, 3.8) is 0 Å². The van der Waals surface area contributed by atoms with Gasteiger partial charge in [-0.3, -0.25) is 4.79 Å². The third kappa shape index (κ3) is 3.06. The van der Waals surface area contributed by atoms with Crippen LogP contribution in [0.25, 0.3) is 0 Å². The van der Waals surface area contributed by atoms with Gasteiger partial charge in [-0.05, 0) is 18.2 Å². The smallest absolute Gasteiger partial charge is 0.314 e. The summed E-state index contributed by atoms with van der Waals surface area (Å²) in [5, 5.41) is 18.9. The minimum atomic E-state index is -1.15. The summed E-state index contributed by atoms with van der Waals surface area (Å²) in [5.74, 6) is -2.93. The lowest BCUT2D eigenvalue weighted by Crippen LogP contribution is -2.20. The number of para-hydroxylation sites is 2. The van der Waals surface area contributed by atoms with Gasteiger partial charge < -0.3 is 14.9 Å². The topological polar surface area (TPSA) is 66.8 Å². The number of benzene rings is 2. The first kappa shape index (κ1) is 13.9. The number of rotatable bonds is 5. The van der Waals surface area contributed by atoms with Crippen molar-refractivity contribution in [1.82, 2.24) is 0 Å². The number of hydrogen-bond acceptors (Lipinski definition) is 3. The fourth-order valence-corrected chi connectivity index (χ4v) is 1.81. The first-order chi connectivity index (χ1) is 9.59. The average Bonchev–Trinajstić information content (AvgIpc) is 2.42. The maximum atomic E-state index is 13.4. The molecule has 1 atom stereocenters. The molecule has 0 aliphatic carbocycles. The monoisotopic (exact) mass is 276 g/mol. The van der Waals surface area contributed by atoms with E-state index in [1.807, 2.05) is 0 Å². The molecule has 0 saturated heterocycles.